The summed E-state index contributed by atoms with van der Waals surface area (Å²) in [5, 5.41) is 3.72. The third-order valence-corrected chi connectivity index (χ3v) is 8.14. The summed E-state index contributed by atoms with van der Waals surface area (Å²) in [4.78, 5) is 21.1. The fourth-order valence-corrected chi connectivity index (χ4v) is 5.60. The number of sulfone groups is 1. The van der Waals surface area contributed by atoms with Gasteiger partial charge in [0.2, 0.25) is 9.84 Å². The number of nitrogens with zero attached hydrogens (tertiary/aromatic N) is 1. The van der Waals surface area contributed by atoms with Gasteiger partial charge in [0.25, 0.3) is 5.91 Å². The summed E-state index contributed by atoms with van der Waals surface area (Å²) in [6, 6.07) is 17.2. The number of benzene rings is 2. The van der Waals surface area contributed by atoms with Crippen LogP contribution in [0.15, 0.2) is 87.7 Å². The van der Waals surface area contributed by atoms with E-state index in [4.69, 9.17) is 0 Å². The first-order chi connectivity index (χ1) is 16.0. The maximum atomic E-state index is 13.0. The highest BCUT2D eigenvalue weighted by Gasteiger charge is 2.17. The van der Waals surface area contributed by atoms with Crippen LogP contribution in [0, 0.1) is 0 Å². The Bertz CT molecular complexity index is 1310. The first-order valence-electron chi connectivity index (χ1n) is 10.7. The molecule has 8 heteroatoms. The summed E-state index contributed by atoms with van der Waals surface area (Å²) >= 11 is 1.73. The summed E-state index contributed by atoms with van der Waals surface area (Å²) in [6.45, 7) is 2.44. The third kappa shape index (κ3) is 5.46. The highest BCUT2D eigenvalue weighted by Crippen LogP contribution is 2.25. The maximum absolute atomic E-state index is 13.0. The molecule has 0 radical (unpaired) electrons. The van der Waals surface area contributed by atoms with E-state index in [0.29, 0.717) is 5.69 Å². The number of rotatable bonds is 9. The van der Waals surface area contributed by atoms with Gasteiger partial charge in [-0.25, -0.2) is 8.42 Å². The van der Waals surface area contributed by atoms with Crippen LogP contribution < -0.4 is 5.32 Å². The van der Waals surface area contributed by atoms with Crippen molar-refractivity contribution in [2.24, 2.45) is 0 Å². The van der Waals surface area contributed by atoms with Crippen molar-refractivity contribution in [1.29, 1.82) is 0 Å². The Kier molecular flexibility index (Phi) is 7.15. The van der Waals surface area contributed by atoms with Crippen LogP contribution in [0.2, 0.25) is 0 Å². The molecule has 6 nitrogen and oxygen atoms in total. The molecular weight excluding hydrogens is 454 g/mol. The van der Waals surface area contributed by atoms with Gasteiger partial charge in [-0.15, -0.1) is 11.8 Å². The lowest BCUT2D eigenvalue weighted by Gasteiger charge is -2.08. The van der Waals surface area contributed by atoms with Crippen molar-refractivity contribution in [3.8, 4) is 0 Å². The van der Waals surface area contributed by atoms with Gasteiger partial charge in [-0.05, 0) is 66.3 Å². The molecule has 1 amide bonds. The molecule has 0 bridgehead atoms. The molecule has 0 saturated heterocycles. The van der Waals surface area contributed by atoms with Gasteiger partial charge >= 0.3 is 0 Å². The molecule has 2 aromatic heterocycles. The Labute approximate surface area is 197 Å². The Hall–Kier alpha value is -3.10. The number of fused-ring (bicyclic) bond motifs is 1. The van der Waals surface area contributed by atoms with E-state index in [1.54, 1.807) is 66.6 Å². The van der Waals surface area contributed by atoms with Crippen LogP contribution >= 0.6 is 11.8 Å². The zero-order valence-corrected chi connectivity index (χ0v) is 19.9. The monoisotopic (exact) mass is 479 g/mol. The van der Waals surface area contributed by atoms with Gasteiger partial charge in [0.05, 0.1) is 9.79 Å². The van der Waals surface area contributed by atoms with Crippen molar-refractivity contribution >= 4 is 38.4 Å². The van der Waals surface area contributed by atoms with Gasteiger partial charge < -0.3 is 10.3 Å². The van der Waals surface area contributed by atoms with E-state index in [1.165, 1.54) is 0 Å². The molecule has 0 saturated carbocycles. The van der Waals surface area contributed by atoms with E-state index in [-0.39, 0.29) is 22.2 Å². The van der Waals surface area contributed by atoms with E-state index in [2.05, 4.69) is 22.2 Å². The highest BCUT2D eigenvalue weighted by atomic mass is 32.2. The Morgan fingerprint density at radius 1 is 1.03 bits per heavy atom. The first-order valence-corrected chi connectivity index (χ1v) is 13.2. The highest BCUT2D eigenvalue weighted by molar-refractivity contribution is 7.99. The molecule has 2 aromatic carbocycles. The van der Waals surface area contributed by atoms with Crippen LogP contribution in [0.5, 0.6) is 0 Å². The zero-order valence-electron chi connectivity index (χ0n) is 18.2. The molecule has 0 fully saturated rings. The number of carbonyl (C=O) groups is 1. The molecule has 0 unspecified atom stereocenters. The summed E-state index contributed by atoms with van der Waals surface area (Å²) in [6.07, 6.45) is 5.63. The summed E-state index contributed by atoms with van der Waals surface area (Å²) in [5.74, 6) is 0.790. The molecule has 0 aliphatic heterocycles. The fourth-order valence-electron chi connectivity index (χ4n) is 3.34. The second-order valence-electron chi connectivity index (χ2n) is 7.65. The largest absolute Gasteiger partial charge is 0.350 e. The summed E-state index contributed by atoms with van der Waals surface area (Å²) in [5.41, 5.74) is 2.11. The molecule has 0 aliphatic carbocycles. The molecular formula is C25H25N3O3S2. The van der Waals surface area contributed by atoms with Gasteiger partial charge in [0.15, 0.2) is 0 Å². The molecule has 0 spiro atoms. The Balaban J connectivity index is 1.39. The number of amides is 1. The minimum atomic E-state index is -3.59. The van der Waals surface area contributed by atoms with Crippen molar-refractivity contribution in [2.45, 2.75) is 41.0 Å². The topological polar surface area (TPSA) is 91.9 Å². The van der Waals surface area contributed by atoms with E-state index in [0.717, 1.165) is 40.0 Å². The number of pyridine rings is 1. The number of H-pyrrole nitrogens is 1. The predicted molar refractivity (Wildman–Crippen MR) is 131 cm³/mol. The Morgan fingerprint density at radius 2 is 1.73 bits per heavy atom. The minimum Gasteiger partial charge on any atom is -0.350 e. The lowest BCUT2D eigenvalue weighted by Crippen LogP contribution is -2.23. The normalized spacial score (nSPS) is 11.5. The average molecular weight is 480 g/mol. The van der Waals surface area contributed by atoms with Gasteiger partial charge in [0.1, 0.15) is 5.69 Å². The van der Waals surface area contributed by atoms with Crippen LogP contribution in [-0.2, 0) is 16.4 Å². The van der Waals surface area contributed by atoms with Crippen molar-refractivity contribution in [3.63, 3.8) is 0 Å². The Morgan fingerprint density at radius 3 is 2.39 bits per heavy atom. The molecule has 4 aromatic rings. The quantitative estimate of drug-likeness (QED) is 0.254. The van der Waals surface area contributed by atoms with E-state index >= 15 is 0 Å². The molecule has 2 N–H and O–H groups in total. The lowest BCUT2D eigenvalue weighted by atomic mass is 10.2. The zero-order chi connectivity index (χ0) is 23.3. The number of aromatic amines is 1. The van der Waals surface area contributed by atoms with E-state index < -0.39 is 9.84 Å². The lowest BCUT2D eigenvalue weighted by molar-refractivity contribution is 0.0946. The van der Waals surface area contributed by atoms with Crippen LogP contribution in [0.1, 0.15) is 35.8 Å². The fraction of sp³-hybridized carbons (Fsp3) is 0.200. The number of thioether (sulfide) groups is 1. The van der Waals surface area contributed by atoms with Gasteiger partial charge in [-0.3, -0.25) is 9.78 Å². The van der Waals surface area contributed by atoms with Gasteiger partial charge in [-0.2, -0.15) is 0 Å². The van der Waals surface area contributed by atoms with Crippen LogP contribution in [0.25, 0.3) is 10.9 Å². The van der Waals surface area contributed by atoms with Crippen molar-refractivity contribution < 1.29 is 13.2 Å². The average Bonchev–Trinajstić information content (AvgIpc) is 3.28. The second kappa shape index (κ2) is 10.2. The molecule has 2 heterocycles. The van der Waals surface area contributed by atoms with Gasteiger partial charge in [-0.1, -0.05) is 25.5 Å². The standard InChI is InChI=1S/C25H25N3O3S2/c1-2-3-14-32-20-6-10-22(11-7-20)33(30,31)21-8-4-18(5-9-21)16-27-25(29)24-15-19-17-26-13-12-23(19)28-24/h4-13,15,17,28H,2-3,14,16H2,1H3,(H,27,29). The van der Waals surface area contributed by atoms with Crippen LogP contribution in [0.4, 0.5) is 0 Å². The predicted octanol–water partition coefficient (Wildman–Crippen LogP) is 5.22. The van der Waals surface area contributed by atoms with E-state index in [9.17, 15) is 13.2 Å². The summed E-state index contributed by atoms with van der Waals surface area (Å²) < 4.78 is 25.9. The van der Waals surface area contributed by atoms with Crippen molar-refractivity contribution in [1.82, 2.24) is 15.3 Å². The number of aromatic nitrogens is 2. The molecule has 0 aliphatic rings. The van der Waals surface area contributed by atoms with Gasteiger partial charge in [0, 0.05) is 34.7 Å². The molecule has 33 heavy (non-hydrogen) atoms. The first kappa shape index (κ1) is 23.1. The number of hydrogen-bond donors (Lipinski definition) is 2. The minimum absolute atomic E-state index is 0.229. The molecule has 170 valence electrons. The SMILES string of the molecule is CCCCSc1ccc(S(=O)(=O)c2ccc(CNC(=O)c3cc4cnccc4[nH]3)cc2)cc1. The van der Waals surface area contributed by atoms with Crippen LogP contribution in [-0.4, -0.2) is 30.0 Å². The maximum Gasteiger partial charge on any atom is 0.267 e. The van der Waals surface area contributed by atoms with E-state index in [1.807, 2.05) is 18.2 Å². The van der Waals surface area contributed by atoms with Crippen molar-refractivity contribution in [2.75, 3.05) is 5.75 Å². The smallest absolute Gasteiger partial charge is 0.267 e. The van der Waals surface area contributed by atoms with Crippen LogP contribution in [0.3, 0.4) is 0 Å². The number of nitrogens with one attached hydrogen (secondary N) is 2. The molecule has 0 atom stereocenters. The third-order valence-electron chi connectivity index (χ3n) is 5.25. The number of hydrogen-bond acceptors (Lipinski definition) is 5. The van der Waals surface area contributed by atoms with Crippen molar-refractivity contribution in [3.05, 3.63) is 84.3 Å². The summed E-state index contributed by atoms with van der Waals surface area (Å²) in [7, 11) is -3.59. The second-order valence-corrected chi connectivity index (χ2v) is 10.8. The molecule has 4 rings (SSSR count). The number of carbonyl (C=O) groups excluding carboxylic acids is 1. The number of unbranched alkanes of at least 4 members (excludes halogenated alkanes) is 1.